The number of rotatable bonds is 37. The first-order valence-electron chi connectivity index (χ1n) is 20.5. The normalized spacial score (nSPS) is 11.1. The largest absolute Gasteiger partial charge is 0.450 e. The van der Waals surface area contributed by atoms with E-state index in [0.717, 1.165) is 38.5 Å². The average Bonchev–Trinajstić information content (AvgIpc) is 3.05. The number of hydrogen-bond donors (Lipinski definition) is 2. The van der Waals surface area contributed by atoms with Gasteiger partial charge in [-0.3, -0.25) is 0 Å². The molecule has 0 spiro atoms. The van der Waals surface area contributed by atoms with Crippen LogP contribution >= 0.6 is 0 Å². The molecule has 0 unspecified atom stereocenters. The predicted molar refractivity (Wildman–Crippen MR) is 198 cm³/mol. The maximum atomic E-state index is 11.8. The molecule has 0 aliphatic carbocycles. The number of alkyl carbamates (subject to hydrolysis) is 2. The third-order valence-corrected chi connectivity index (χ3v) is 9.10. The molecule has 0 aliphatic rings. The van der Waals surface area contributed by atoms with Gasteiger partial charge in [0.05, 0.1) is 13.2 Å². The molecule has 0 aromatic carbocycles. The van der Waals surface area contributed by atoms with Crippen LogP contribution in [0.3, 0.4) is 0 Å². The van der Waals surface area contributed by atoms with E-state index >= 15 is 0 Å². The highest BCUT2D eigenvalue weighted by Crippen LogP contribution is 2.14. The van der Waals surface area contributed by atoms with Gasteiger partial charge in [-0.25, -0.2) is 9.59 Å². The van der Waals surface area contributed by atoms with Crippen molar-refractivity contribution in [3.05, 3.63) is 0 Å². The second-order valence-electron chi connectivity index (χ2n) is 13.7. The Kier molecular flexibility index (Phi) is 38.5. The van der Waals surface area contributed by atoms with Gasteiger partial charge in [0.15, 0.2) is 0 Å². The van der Waals surface area contributed by atoms with Gasteiger partial charge in [-0.05, 0) is 38.5 Å². The number of ether oxygens (including phenoxy) is 2. The lowest BCUT2D eigenvalue weighted by atomic mass is 10.0. The van der Waals surface area contributed by atoms with Crippen molar-refractivity contribution in [2.24, 2.45) is 0 Å². The van der Waals surface area contributed by atoms with E-state index in [0.29, 0.717) is 26.3 Å². The molecule has 0 rings (SSSR count). The number of hydrogen-bond acceptors (Lipinski definition) is 4. The zero-order chi connectivity index (χ0) is 33.4. The summed E-state index contributed by atoms with van der Waals surface area (Å²) in [5.41, 5.74) is 0. The molecule has 0 radical (unpaired) electrons. The second-order valence-corrected chi connectivity index (χ2v) is 13.7. The van der Waals surface area contributed by atoms with Crippen LogP contribution in [0.25, 0.3) is 0 Å². The molecule has 0 aromatic rings. The maximum absolute atomic E-state index is 11.8. The van der Waals surface area contributed by atoms with Crippen molar-refractivity contribution in [1.29, 1.82) is 0 Å². The second kappa shape index (κ2) is 39.7. The van der Waals surface area contributed by atoms with Crippen molar-refractivity contribution < 1.29 is 19.1 Å². The van der Waals surface area contributed by atoms with Crippen LogP contribution < -0.4 is 10.6 Å². The number of nitrogens with one attached hydrogen (secondary N) is 2. The minimum Gasteiger partial charge on any atom is -0.450 e. The van der Waals surface area contributed by atoms with Gasteiger partial charge in [-0.2, -0.15) is 0 Å². The lowest BCUT2D eigenvalue weighted by molar-refractivity contribution is 0.138. The number of carbonyl (C=O) groups is 2. The van der Waals surface area contributed by atoms with Crippen LogP contribution in [0.5, 0.6) is 0 Å². The monoisotopic (exact) mass is 653 g/mol. The fourth-order valence-corrected chi connectivity index (χ4v) is 6.01. The van der Waals surface area contributed by atoms with Gasteiger partial charge in [-0.1, -0.05) is 181 Å². The van der Waals surface area contributed by atoms with Gasteiger partial charge in [0, 0.05) is 13.1 Å². The molecular weight excluding hydrogens is 572 g/mol. The third-order valence-electron chi connectivity index (χ3n) is 9.10. The van der Waals surface area contributed by atoms with Crippen molar-refractivity contribution in [2.75, 3.05) is 26.3 Å². The van der Waals surface area contributed by atoms with Crippen LogP contribution in [-0.4, -0.2) is 38.5 Å². The highest BCUT2D eigenvalue weighted by molar-refractivity contribution is 5.67. The lowest BCUT2D eigenvalue weighted by Crippen LogP contribution is -2.25. The Morgan fingerprint density at radius 3 is 0.804 bits per heavy atom. The quantitative estimate of drug-likeness (QED) is 0.0655. The fourth-order valence-electron chi connectivity index (χ4n) is 6.01. The topological polar surface area (TPSA) is 76.7 Å². The average molecular weight is 653 g/mol. The molecular formula is C40H80N2O4. The summed E-state index contributed by atoms with van der Waals surface area (Å²) in [6.45, 7) is 6.86. The van der Waals surface area contributed by atoms with Crippen molar-refractivity contribution in [2.45, 2.75) is 219 Å². The number of carbonyl (C=O) groups excluding carboxylic acids is 2. The Bertz CT molecular complexity index is 564. The van der Waals surface area contributed by atoms with E-state index in [-0.39, 0.29) is 12.2 Å². The summed E-state index contributed by atoms with van der Waals surface area (Å²) in [5, 5.41) is 5.74. The zero-order valence-corrected chi connectivity index (χ0v) is 31.1. The van der Waals surface area contributed by atoms with Crippen molar-refractivity contribution in [1.82, 2.24) is 10.6 Å². The number of unbranched alkanes of at least 4 members (excludes halogenated alkanes) is 29. The molecule has 0 bridgehead atoms. The minimum absolute atomic E-state index is 0.298. The SMILES string of the molecule is CCCCCCCCCCCCCCCCNC(=O)OCCCCCCOC(=O)NCCCCCCCCCCCCCCCC. The molecule has 0 fully saturated rings. The van der Waals surface area contributed by atoms with Gasteiger partial charge in [-0.15, -0.1) is 0 Å². The molecule has 0 atom stereocenters. The first-order valence-corrected chi connectivity index (χ1v) is 20.5. The highest BCUT2D eigenvalue weighted by atomic mass is 16.6. The van der Waals surface area contributed by atoms with E-state index < -0.39 is 0 Å². The summed E-state index contributed by atoms with van der Waals surface area (Å²) >= 11 is 0. The van der Waals surface area contributed by atoms with Gasteiger partial charge in [0.1, 0.15) is 0 Å². The van der Waals surface area contributed by atoms with Crippen molar-refractivity contribution in [3.63, 3.8) is 0 Å². The molecule has 0 aromatic heterocycles. The Labute approximate surface area is 287 Å². The summed E-state index contributed by atoms with van der Waals surface area (Å²) in [4.78, 5) is 23.7. The standard InChI is InChI=1S/C40H80N2O4/c1-3-5-7-9-11-13-15-17-19-21-23-25-27-31-35-41-39(43)45-37-33-29-30-34-38-46-40(44)42-36-32-28-26-24-22-20-18-16-14-12-10-8-6-4-2/h3-38H2,1-2H3,(H,41,43)(H,42,44). The van der Waals surface area contributed by atoms with Crippen LogP contribution in [-0.2, 0) is 9.47 Å². The van der Waals surface area contributed by atoms with Crippen LogP contribution in [0.1, 0.15) is 219 Å². The van der Waals surface area contributed by atoms with Crippen molar-refractivity contribution >= 4 is 12.2 Å². The van der Waals surface area contributed by atoms with E-state index in [4.69, 9.17) is 9.47 Å². The molecule has 0 heterocycles. The molecule has 46 heavy (non-hydrogen) atoms. The fraction of sp³-hybridized carbons (Fsp3) is 0.950. The molecule has 6 nitrogen and oxygen atoms in total. The molecule has 2 amide bonds. The van der Waals surface area contributed by atoms with Crippen LogP contribution in [0.15, 0.2) is 0 Å². The highest BCUT2D eigenvalue weighted by Gasteiger charge is 2.03. The minimum atomic E-state index is -0.298. The zero-order valence-electron chi connectivity index (χ0n) is 31.1. The lowest BCUT2D eigenvalue weighted by Gasteiger charge is -2.08. The smallest absolute Gasteiger partial charge is 0.407 e. The summed E-state index contributed by atoms with van der Waals surface area (Å²) in [6, 6.07) is 0. The molecule has 0 saturated carbocycles. The Balaban J connectivity index is 3.24. The Hall–Kier alpha value is -1.46. The van der Waals surface area contributed by atoms with Crippen LogP contribution in [0, 0.1) is 0 Å². The van der Waals surface area contributed by atoms with Crippen molar-refractivity contribution in [3.8, 4) is 0 Å². The first-order chi connectivity index (χ1) is 22.7. The maximum Gasteiger partial charge on any atom is 0.407 e. The van der Waals surface area contributed by atoms with Gasteiger partial charge < -0.3 is 20.1 Å². The van der Waals surface area contributed by atoms with E-state index in [2.05, 4.69) is 24.5 Å². The Morgan fingerprint density at radius 1 is 0.326 bits per heavy atom. The molecule has 274 valence electrons. The van der Waals surface area contributed by atoms with Gasteiger partial charge in [0.2, 0.25) is 0 Å². The van der Waals surface area contributed by atoms with Crippen LogP contribution in [0.2, 0.25) is 0 Å². The molecule has 2 N–H and O–H groups in total. The van der Waals surface area contributed by atoms with E-state index in [1.165, 1.54) is 167 Å². The first kappa shape index (κ1) is 44.5. The summed E-state index contributed by atoms with van der Waals surface area (Å²) in [6.07, 6.45) is 40.5. The molecule has 6 heteroatoms. The molecule has 0 aliphatic heterocycles. The summed E-state index contributed by atoms with van der Waals surface area (Å²) in [7, 11) is 0. The molecule has 0 saturated heterocycles. The van der Waals surface area contributed by atoms with E-state index in [1.54, 1.807) is 0 Å². The number of amides is 2. The third kappa shape index (κ3) is 38.7. The van der Waals surface area contributed by atoms with Crippen LogP contribution in [0.4, 0.5) is 9.59 Å². The van der Waals surface area contributed by atoms with Gasteiger partial charge in [0.25, 0.3) is 0 Å². The summed E-state index contributed by atoms with van der Waals surface area (Å²) in [5.74, 6) is 0. The van der Waals surface area contributed by atoms with Gasteiger partial charge >= 0.3 is 12.2 Å². The Morgan fingerprint density at radius 2 is 0.543 bits per heavy atom. The summed E-state index contributed by atoms with van der Waals surface area (Å²) < 4.78 is 10.6. The predicted octanol–water partition coefficient (Wildman–Crippen LogP) is 13.0. The van der Waals surface area contributed by atoms with E-state index in [9.17, 15) is 9.59 Å². The van der Waals surface area contributed by atoms with E-state index in [1.807, 2.05) is 0 Å².